The number of aromatic nitrogens is 2. The van der Waals surface area contributed by atoms with Gasteiger partial charge in [-0.05, 0) is 55.7 Å². The van der Waals surface area contributed by atoms with Crippen LogP contribution in [0.3, 0.4) is 0 Å². The number of anilines is 1. The lowest BCUT2D eigenvalue weighted by atomic mass is 10.1. The van der Waals surface area contributed by atoms with Crippen molar-refractivity contribution < 1.29 is 27.1 Å². The zero-order chi connectivity index (χ0) is 27.1. The Bertz CT molecular complexity index is 1270. The van der Waals surface area contributed by atoms with Gasteiger partial charge in [-0.25, -0.2) is 4.39 Å². The molecular weight excluding hydrogens is 502 g/mol. The second kappa shape index (κ2) is 12.1. The Kier molecular flexibility index (Phi) is 8.65. The number of rotatable bonds is 8. The molecule has 4 rings (SSSR count). The lowest BCUT2D eigenvalue weighted by Crippen LogP contribution is -2.38. The van der Waals surface area contributed by atoms with Crippen LogP contribution in [-0.4, -0.2) is 34.7 Å². The predicted molar refractivity (Wildman–Crippen MR) is 137 cm³/mol. The zero-order valence-corrected chi connectivity index (χ0v) is 20.9. The second-order valence-corrected chi connectivity index (χ2v) is 9.10. The molecule has 0 spiro atoms. The first kappa shape index (κ1) is 27.2. The number of alkyl halides is 3. The molecule has 3 N–H and O–H groups in total. The van der Waals surface area contributed by atoms with Crippen molar-refractivity contribution in [2.75, 3.05) is 11.9 Å². The van der Waals surface area contributed by atoms with Gasteiger partial charge in [-0.3, -0.25) is 9.89 Å². The minimum Gasteiger partial charge on any atom is -0.493 e. The summed E-state index contributed by atoms with van der Waals surface area (Å²) in [5.41, 5.74) is -0.239. The van der Waals surface area contributed by atoms with E-state index in [0.29, 0.717) is 23.9 Å². The quantitative estimate of drug-likeness (QED) is 0.133. The molecule has 1 heterocycles. The van der Waals surface area contributed by atoms with Crippen LogP contribution in [0.5, 0.6) is 5.75 Å². The summed E-state index contributed by atoms with van der Waals surface area (Å²) in [7, 11) is 0. The molecule has 0 unspecified atom stereocenters. The highest BCUT2D eigenvalue weighted by molar-refractivity contribution is 6.06. The molecule has 38 heavy (non-hydrogen) atoms. The smallest absolute Gasteiger partial charge is 0.416 e. The van der Waals surface area contributed by atoms with E-state index in [9.17, 15) is 22.4 Å². The minimum absolute atomic E-state index is 0.0131. The molecule has 1 aliphatic carbocycles. The zero-order valence-electron chi connectivity index (χ0n) is 20.9. The van der Waals surface area contributed by atoms with Crippen LogP contribution in [0.1, 0.15) is 61.4 Å². The monoisotopic (exact) mass is 531 g/mol. The first-order valence-corrected chi connectivity index (χ1v) is 12.5. The van der Waals surface area contributed by atoms with E-state index >= 15 is 0 Å². The molecule has 3 aromatic rings. The van der Waals surface area contributed by atoms with Crippen molar-refractivity contribution in [3.8, 4) is 17.0 Å². The van der Waals surface area contributed by atoms with Gasteiger partial charge in [0, 0.05) is 29.3 Å². The molecule has 0 aliphatic heterocycles. The van der Waals surface area contributed by atoms with E-state index in [1.165, 1.54) is 6.07 Å². The van der Waals surface area contributed by atoms with Gasteiger partial charge in [-0.15, -0.1) is 0 Å². The first-order chi connectivity index (χ1) is 18.2. The van der Waals surface area contributed by atoms with Crippen LogP contribution in [0.2, 0.25) is 0 Å². The predicted octanol–water partition coefficient (Wildman–Crippen LogP) is 6.55. The van der Waals surface area contributed by atoms with Crippen molar-refractivity contribution >= 4 is 17.7 Å². The summed E-state index contributed by atoms with van der Waals surface area (Å²) in [5, 5.41) is 13.1. The number of benzene rings is 2. The van der Waals surface area contributed by atoms with Crippen molar-refractivity contribution in [3.05, 3.63) is 65.5 Å². The lowest BCUT2D eigenvalue weighted by molar-refractivity contribution is -0.137. The summed E-state index contributed by atoms with van der Waals surface area (Å²) in [4.78, 5) is 16.8. The van der Waals surface area contributed by atoms with E-state index in [1.54, 1.807) is 18.2 Å². The molecule has 1 saturated carbocycles. The van der Waals surface area contributed by atoms with Crippen molar-refractivity contribution in [2.45, 2.75) is 57.7 Å². The molecule has 0 radical (unpaired) electrons. The van der Waals surface area contributed by atoms with E-state index in [4.69, 9.17) is 4.74 Å². The molecule has 202 valence electrons. The molecule has 0 bridgehead atoms. The van der Waals surface area contributed by atoms with Crippen LogP contribution in [0.15, 0.2) is 53.5 Å². The van der Waals surface area contributed by atoms with E-state index < -0.39 is 23.5 Å². The fourth-order valence-electron chi connectivity index (χ4n) is 4.11. The van der Waals surface area contributed by atoms with Crippen LogP contribution in [0, 0.1) is 5.82 Å². The van der Waals surface area contributed by atoms with Gasteiger partial charge in [-0.2, -0.15) is 23.3 Å². The summed E-state index contributed by atoms with van der Waals surface area (Å²) >= 11 is 0. The number of hydrogen-bond donors (Lipinski definition) is 3. The summed E-state index contributed by atoms with van der Waals surface area (Å²) in [6.45, 7) is 2.55. The van der Waals surface area contributed by atoms with E-state index in [-0.39, 0.29) is 23.1 Å². The molecule has 7 nitrogen and oxygen atoms in total. The number of carbonyl (C=O) groups is 1. The van der Waals surface area contributed by atoms with Gasteiger partial charge in [0.2, 0.25) is 5.96 Å². The van der Waals surface area contributed by atoms with Crippen LogP contribution < -0.4 is 15.4 Å². The minimum atomic E-state index is -4.50. The third-order valence-corrected chi connectivity index (χ3v) is 6.18. The van der Waals surface area contributed by atoms with Crippen molar-refractivity contribution in [2.24, 2.45) is 4.99 Å². The highest BCUT2D eigenvalue weighted by Crippen LogP contribution is 2.29. The van der Waals surface area contributed by atoms with Crippen LogP contribution in [0.4, 0.5) is 23.4 Å². The SMILES string of the molecule is CCCCOc1ccc(-c2cc(N/C(=N\C(=O)c3ccc(C(F)(F)F)cc3)NC3CCCC3)[nH]n2)c(F)c1. The fourth-order valence-corrected chi connectivity index (χ4v) is 4.11. The van der Waals surface area contributed by atoms with Crippen molar-refractivity contribution in [1.29, 1.82) is 0 Å². The number of amides is 1. The van der Waals surface area contributed by atoms with Crippen molar-refractivity contribution in [1.82, 2.24) is 15.5 Å². The van der Waals surface area contributed by atoms with Gasteiger partial charge in [-0.1, -0.05) is 26.2 Å². The number of aliphatic imine (C=N–C) groups is 1. The maximum absolute atomic E-state index is 14.7. The number of unbranched alkanes of at least 4 members (excludes halogenated alkanes) is 1. The average Bonchev–Trinajstić information content (AvgIpc) is 3.56. The van der Waals surface area contributed by atoms with Gasteiger partial charge in [0.05, 0.1) is 17.9 Å². The van der Waals surface area contributed by atoms with Crippen LogP contribution in [-0.2, 0) is 6.18 Å². The molecule has 1 amide bonds. The molecule has 2 aromatic carbocycles. The summed E-state index contributed by atoms with van der Waals surface area (Å²) in [6.07, 6.45) is 1.19. The molecule has 11 heteroatoms. The number of aromatic amines is 1. The van der Waals surface area contributed by atoms with Crippen LogP contribution in [0.25, 0.3) is 11.3 Å². The largest absolute Gasteiger partial charge is 0.493 e. The van der Waals surface area contributed by atoms with Crippen LogP contribution >= 0.6 is 0 Å². The molecule has 0 saturated heterocycles. The molecular formula is C27H29F4N5O2. The third-order valence-electron chi connectivity index (χ3n) is 6.18. The number of H-pyrrole nitrogens is 1. The normalized spacial score (nSPS) is 14.5. The Morgan fingerprint density at radius 1 is 1.13 bits per heavy atom. The maximum Gasteiger partial charge on any atom is 0.416 e. The van der Waals surface area contributed by atoms with Gasteiger partial charge in [0.15, 0.2) is 0 Å². The summed E-state index contributed by atoms with van der Waals surface area (Å²) < 4.78 is 58.9. The van der Waals surface area contributed by atoms with E-state index in [2.05, 4.69) is 25.8 Å². The molecule has 1 fully saturated rings. The molecule has 1 aromatic heterocycles. The lowest BCUT2D eigenvalue weighted by Gasteiger charge is -2.16. The van der Waals surface area contributed by atoms with E-state index in [0.717, 1.165) is 62.8 Å². The highest BCUT2D eigenvalue weighted by atomic mass is 19.4. The third kappa shape index (κ3) is 7.11. The first-order valence-electron chi connectivity index (χ1n) is 12.5. The Hall–Kier alpha value is -3.89. The van der Waals surface area contributed by atoms with Gasteiger partial charge in [0.1, 0.15) is 17.4 Å². The summed E-state index contributed by atoms with van der Waals surface area (Å²) in [5.74, 6) is -0.293. The Balaban J connectivity index is 1.51. The molecule has 0 atom stereocenters. The maximum atomic E-state index is 14.7. The standard InChI is InChI=1S/C27H29F4N5O2/c1-2-3-14-38-20-12-13-21(22(28)15-20)23-16-24(36-35-23)33-26(32-19-6-4-5-7-19)34-25(37)17-8-10-18(11-9-17)27(29,30)31/h8-13,15-16,19H,2-7,14H2,1H3,(H3,32,33,34,35,36,37). The number of carbonyl (C=O) groups excluding carboxylic acids is 1. The Morgan fingerprint density at radius 2 is 1.87 bits per heavy atom. The number of nitrogens with one attached hydrogen (secondary N) is 3. The molecule has 1 aliphatic rings. The highest BCUT2D eigenvalue weighted by Gasteiger charge is 2.30. The number of hydrogen-bond acceptors (Lipinski definition) is 3. The average molecular weight is 532 g/mol. The van der Waals surface area contributed by atoms with Gasteiger partial charge < -0.3 is 15.4 Å². The second-order valence-electron chi connectivity index (χ2n) is 9.10. The van der Waals surface area contributed by atoms with Gasteiger partial charge >= 0.3 is 6.18 Å². The van der Waals surface area contributed by atoms with Gasteiger partial charge in [0.25, 0.3) is 5.91 Å². The summed E-state index contributed by atoms with van der Waals surface area (Å²) in [6, 6.07) is 10.1. The topological polar surface area (TPSA) is 91.4 Å². The Labute approximate surface area is 217 Å². The number of nitrogens with zero attached hydrogens (tertiary/aromatic N) is 2. The number of halogens is 4. The van der Waals surface area contributed by atoms with E-state index in [1.807, 2.05) is 6.92 Å². The van der Waals surface area contributed by atoms with Crippen molar-refractivity contribution in [3.63, 3.8) is 0 Å². The Morgan fingerprint density at radius 3 is 2.53 bits per heavy atom. The number of guanidine groups is 1. The number of ether oxygens (including phenoxy) is 1. The fraction of sp³-hybridized carbons (Fsp3) is 0.370.